The number of halogens is 11. The largest absolute Gasteiger partial charge is 0.434 e. The fourth-order valence-corrected chi connectivity index (χ4v) is 6.06. The molecule has 0 aliphatic heterocycles. The molecule has 0 spiro atoms. The topological polar surface area (TPSA) is 139 Å². The first-order valence-electron chi connectivity index (χ1n) is 18.3. The molecule has 6 atom stereocenters. The van der Waals surface area contributed by atoms with Crippen molar-refractivity contribution in [3.05, 3.63) is 23.8 Å². The minimum atomic E-state index is -6.84. The molecule has 2 heterocycles. The van der Waals surface area contributed by atoms with Gasteiger partial charge in [-0.05, 0) is 68.2 Å². The van der Waals surface area contributed by atoms with Crippen LogP contribution in [-0.4, -0.2) is 133 Å². The first-order valence-corrected chi connectivity index (χ1v) is 18.3. The van der Waals surface area contributed by atoms with Crippen molar-refractivity contribution in [2.45, 2.75) is 166 Å². The van der Waals surface area contributed by atoms with E-state index in [0.717, 1.165) is 17.1 Å². The smallest absolute Gasteiger partial charge is 0.388 e. The maximum absolute atomic E-state index is 17.3. The Balaban J connectivity index is 2.88. The van der Waals surface area contributed by atoms with Crippen molar-refractivity contribution in [1.82, 2.24) is 34.9 Å². The second-order valence-corrected chi connectivity index (χ2v) is 15.9. The average Bonchev–Trinajstić information content (AvgIpc) is 3.79. The zero-order chi connectivity index (χ0) is 46.0. The number of alkyl halides is 11. The molecule has 0 bridgehead atoms. The molecule has 0 aliphatic rings. The van der Waals surface area contributed by atoms with Gasteiger partial charge < -0.3 is 29.0 Å². The zero-order valence-corrected chi connectivity index (χ0v) is 34.9. The summed E-state index contributed by atoms with van der Waals surface area (Å²) in [6, 6.07) is 0. The molecule has 2 aromatic rings. The van der Waals surface area contributed by atoms with Gasteiger partial charge in [-0.25, -0.2) is 22.5 Å². The predicted molar refractivity (Wildman–Crippen MR) is 187 cm³/mol. The molecule has 6 unspecified atom stereocenters. The van der Waals surface area contributed by atoms with Gasteiger partial charge in [-0.1, -0.05) is 24.3 Å². The van der Waals surface area contributed by atoms with Crippen LogP contribution >= 0.6 is 0 Å². The van der Waals surface area contributed by atoms with Gasteiger partial charge in [0.05, 0.1) is 55.9 Å². The molecular formula is C35H54F11N7O6. The lowest BCUT2D eigenvalue weighted by molar-refractivity contribution is -0.442. The van der Waals surface area contributed by atoms with Gasteiger partial charge >= 0.3 is 29.8 Å². The number of amides is 1. The molecule has 0 saturated heterocycles. The highest BCUT2D eigenvalue weighted by Crippen LogP contribution is 2.58. The van der Waals surface area contributed by atoms with Crippen LogP contribution in [0.15, 0.2) is 12.4 Å². The lowest BCUT2D eigenvalue weighted by atomic mass is 9.79. The van der Waals surface area contributed by atoms with Crippen molar-refractivity contribution in [3.8, 4) is 0 Å². The summed E-state index contributed by atoms with van der Waals surface area (Å²) >= 11 is 0. The van der Waals surface area contributed by atoms with Gasteiger partial charge in [-0.3, -0.25) is 4.79 Å². The van der Waals surface area contributed by atoms with Gasteiger partial charge in [-0.15, -0.1) is 10.2 Å². The van der Waals surface area contributed by atoms with E-state index >= 15 is 35.1 Å². The van der Waals surface area contributed by atoms with E-state index in [9.17, 15) is 23.1 Å². The Kier molecular flexibility index (Phi) is 15.9. The van der Waals surface area contributed by atoms with Crippen LogP contribution in [-0.2, 0) is 47.9 Å². The van der Waals surface area contributed by atoms with E-state index in [0.29, 0.717) is 13.8 Å². The van der Waals surface area contributed by atoms with E-state index < -0.39 is 96.2 Å². The van der Waals surface area contributed by atoms with Gasteiger partial charge in [0.15, 0.2) is 5.67 Å². The van der Waals surface area contributed by atoms with Gasteiger partial charge in [0, 0.05) is 14.2 Å². The number of ether oxygens (including phenoxy) is 4. The Hall–Kier alpha value is -3.22. The van der Waals surface area contributed by atoms with Crippen molar-refractivity contribution < 1.29 is 77.1 Å². The summed E-state index contributed by atoms with van der Waals surface area (Å²) < 4.78 is 189. The number of carbonyl (C=O) groups excluding carboxylic acids is 1. The maximum Gasteiger partial charge on any atom is 0.434 e. The molecule has 2 aromatic heterocycles. The molecule has 24 heteroatoms. The standard InChI is InChI=1S/C35H54F11N7O6/c1-13-29(9,36)32(38,34(42,43)44)35(45,46)59-30(10,14-2)31(37,33(39,40)41)26(55)51(15-22-17-52(49-47-22)27(5,6)24(54)19-56-11)16-23-18-53(50-48-23)28(7,8)25(20-57-12)58-21(3)4/h17-18,21,24-25,54H,13-16,19-20H2,1-12H3. The summed E-state index contributed by atoms with van der Waals surface area (Å²) in [4.78, 5) is 14.3. The van der Waals surface area contributed by atoms with Crippen LogP contribution in [0.25, 0.3) is 0 Å². The van der Waals surface area contributed by atoms with Crippen LogP contribution in [0.4, 0.5) is 48.3 Å². The Labute approximate surface area is 334 Å². The third-order valence-electron chi connectivity index (χ3n) is 10.6. The lowest BCUT2D eigenvalue weighted by Crippen LogP contribution is -2.73. The molecule has 342 valence electrons. The minimum absolute atomic E-state index is 0.0145. The molecule has 2 rings (SSSR count). The van der Waals surface area contributed by atoms with Crippen LogP contribution < -0.4 is 0 Å². The van der Waals surface area contributed by atoms with E-state index in [1.807, 2.05) is 0 Å². The Bertz CT molecular complexity index is 1690. The summed E-state index contributed by atoms with van der Waals surface area (Å²) in [5.41, 5.74) is -24.1. The van der Waals surface area contributed by atoms with Crippen LogP contribution in [0.3, 0.4) is 0 Å². The van der Waals surface area contributed by atoms with Crippen molar-refractivity contribution >= 4 is 5.91 Å². The van der Waals surface area contributed by atoms with Gasteiger partial charge in [0.2, 0.25) is 0 Å². The van der Waals surface area contributed by atoms with Crippen LogP contribution in [0.2, 0.25) is 0 Å². The molecule has 1 N–H and O–H groups in total. The number of hydrogen-bond donors (Lipinski definition) is 1. The highest BCUT2D eigenvalue weighted by molar-refractivity contribution is 5.87. The van der Waals surface area contributed by atoms with Gasteiger partial charge in [0.1, 0.15) is 29.2 Å². The molecule has 0 saturated carbocycles. The number of aromatic nitrogens is 6. The minimum Gasteiger partial charge on any atom is -0.388 e. The third-order valence-corrected chi connectivity index (χ3v) is 10.6. The molecule has 59 heavy (non-hydrogen) atoms. The molecule has 0 aliphatic carbocycles. The number of methoxy groups -OCH3 is 2. The van der Waals surface area contributed by atoms with Gasteiger partial charge in [0.25, 0.3) is 5.91 Å². The third kappa shape index (κ3) is 9.96. The molecule has 0 fully saturated rings. The fraction of sp³-hybridized carbons (Fsp3) is 0.857. The number of aliphatic hydroxyl groups excluding tert-OH is 1. The molecule has 1 amide bonds. The summed E-state index contributed by atoms with van der Waals surface area (Å²) in [7, 11) is 2.68. The predicted octanol–water partition coefficient (Wildman–Crippen LogP) is 6.77. The summed E-state index contributed by atoms with van der Waals surface area (Å²) in [5, 5.41) is 26.1. The number of carbonyl (C=O) groups is 1. The highest BCUT2D eigenvalue weighted by atomic mass is 19.4. The second-order valence-electron chi connectivity index (χ2n) is 15.9. The quantitative estimate of drug-likeness (QED) is 0.126. The van der Waals surface area contributed by atoms with Crippen molar-refractivity contribution in [3.63, 3.8) is 0 Å². The summed E-state index contributed by atoms with van der Waals surface area (Å²) in [5.74, 6) is -2.72. The van der Waals surface area contributed by atoms with Gasteiger partial charge in [-0.2, -0.15) is 35.1 Å². The molecule has 0 radical (unpaired) electrons. The van der Waals surface area contributed by atoms with Crippen molar-refractivity contribution in [1.29, 1.82) is 0 Å². The van der Waals surface area contributed by atoms with Crippen LogP contribution in [0.1, 0.15) is 93.5 Å². The maximum atomic E-state index is 17.3. The molecular weight excluding hydrogens is 823 g/mol. The summed E-state index contributed by atoms with van der Waals surface area (Å²) in [6.45, 7) is 8.01. The number of rotatable bonds is 22. The molecule has 13 nitrogen and oxygen atoms in total. The Morgan fingerprint density at radius 2 is 1.20 bits per heavy atom. The summed E-state index contributed by atoms with van der Waals surface area (Å²) in [6.07, 6.45) is -23.3. The SMILES string of the molecule is CCC(C)(F)C(F)(C(F)(F)F)C(F)(F)OC(C)(CC)C(F)(C(=O)N(Cc1cn(C(C)(C)C(O)COC)nn1)Cc1cn(C(C)(C)C(COC)OC(C)C)nn1)C(F)(F)F. The lowest BCUT2D eigenvalue weighted by Gasteiger charge is -2.48. The van der Waals surface area contributed by atoms with E-state index in [-0.39, 0.29) is 49.5 Å². The van der Waals surface area contributed by atoms with Crippen molar-refractivity contribution in [2.24, 2.45) is 0 Å². The number of aliphatic hydroxyl groups is 1. The monoisotopic (exact) mass is 877 g/mol. The Morgan fingerprint density at radius 1 is 0.746 bits per heavy atom. The number of nitrogens with zero attached hydrogens (tertiary/aromatic N) is 7. The average molecular weight is 878 g/mol. The highest BCUT2D eigenvalue weighted by Gasteiger charge is 2.83. The first-order chi connectivity index (χ1) is 26.6. The number of hydrogen-bond acceptors (Lipinski definition) is 10. The van der Waals surface area contributed by atoms with Crippen LogP contribution in [0, 0.1) is 0 Å². The second kappa shape index (κ2) is 18.0. The van der Waals surface area contributed by atoms with E-state index in [1.165, 1.54) is 32.7 Å². The normalized spacial score (nSPS) is 18.8. The van der Waals surface area contributed by atoms with E-state index in [1.54, 1.807) is 27.7 Å². The zero-order valence-electron chi connectivity index (χ0n) is 34.9. The molecule has 0 aromatic carbocycles. The van der Waals surface area contributed by atoms with Crippen molar-refractivity contribution in [2.75, 3.05) is 27.4 Å². The van der Waals surface area contributed by atoms with E-state index in [4.69, 9.17) is 14.2 Å². The Morgan fingerprint density at radius 3 is 1.58 bits per heavy atom. The first kappa shape index (κ1) is 51.9. The van der Waals surface area contributed by atoms with Crippen LogP contribution in [0.5, 0.6) is 0 Å². The van der Waals surface area contributed by atoms with E-state index in [2.05, 4.69) is 25.4 Å². The fourth-order valence-electron chi connectivity index (χ4n) is 6.06.